The Morgan fingerprint density at radius 3 is 0.437 bits per heavy atom. The maximum Gasteiger partial charge on any atom is 0.164 e. The summed E-state index contributed by atoms with van der Waals surface area (Å²) in [5.41, 5.74) is 46.2. The highest BCUT2D eigenvalue weighted by Gasteiger charge is 2.18. The topological polar surface area (TPSA) is 116 Å². The summed E-state index contributed by atoms with van der Waals surface area (Å²) in [5.74, 6) is 2.83. The highest BCUT2D eigenvalue weighted by atomic mass is 15.0. The van der Waals surface area contributed by atoms with Crippen LogP contribution in [0.25, 0.3) is 169 Å². The first-order valence-corrected chi connectivity index (χ1v) is 46.0. The van der Waals surface area contributed by atoms with Crippen LogP contribution in [-0.4, -0.2) is 44.9 Å². The van der Waals surface area contributed by atoms with Gasteiger partial charge in [0.25, 0.3) is 0 Å². The predicted molar refractivity (Wildman–Crippen MR) is 565 cm³/mol. The fourth-order valence-corrected chi connectivity index (χ4v) is 15.3. The van der Waals surface area contributed by atoms with Crippen molar-refractivity contribution in [3.05, 3.63) is 484 Å². The van der Waals surface area contributed by atoms with Crippen LogP contribution in [0.2, 0.25) is 0 Å². The minimum atomic E-state index is 0.691. The SMILES string of the molecule is Cc1ccc(-c2cc(-c3ccc(C)cc3)nc(-c3ccc(C)cc3)c2)cc1.Cc1ccc(-c2cc(-c3ccc(C)cc3)nc(-c3ccc(C)cc3)c2)cc1.Cc1ccc(-c2cc(-c3ccc(C)cc3)nc(-c3ccc(C)cc3)n2)cc1.Cc1ccc(-c2cc(-c3ccc(C)cc3)nc(-c3ccc(C)cn3)c2)cc1.Cc1ccc(-c2nc(-c3ccc(C)cc3)nc(-c3ccc(C)cc3)n2)cc1. The van der Waals surface area contributed by atoms with Crippen LogP contribution in [0.3, 0.4) is 0 Å². The lowest BCUT2D eigenvalue weighted by Crippen LogP contribution is -2.00. The fourth-order valence-electron chi connectivity index (χ4n) is 15.3. The number of hydrogen-bond acceptors (Lipinski definition) is 9. The van der Waals surface area contributed by atoms with Crippen LogP contribution in [0.1, 0.15) is 83.5 Å². The summed E-state index contributed by atoms with van der Waals surface area (Å²) < 4.78 is 0. The molecule has 0 N–H and O–H groups in total. The molecule has 0 aliphatic carbocycles. The summed E-state index contributed by atoms with van der Waals surface area (Å²) in [6.45, 7) is 31.4. The second kappa shape index (κ2) is 42.8. The van der Waals surface area contributed by atoms with Crippen molar-refractivity contribution in [2.45, 2.75) is 104 Å². The maximum atomic E-state index is 4.98. The Morgan fingerprint density at radius 2 is 0.252 bits per heavy atom. The van der Waals surface area contributed by atoms with Gasteiger partial charge in [0.2, 0.25) is 0 Å². The molecule has 0 atom stereocenters. The van der Waals surface area contributed by atoms with Crippen molar-refractivity contribution >= 4 is 0 Å². The monoisotopic (exact) mass is 1750 g/mol. The van der Waals surface area contributed by atoms with Crippen molar-refractivity contribution in [3.63, 3.8) is 0 Å². The summed E-state index contributed by atoms with van der Waals surface area (Å²) >= 11 is 0. The summed E-state index contributed by atoms with van der Waals surface area (Å²) in [4.78, 5) is 43.4. The first-order chi connectivity index (χ1) is 65.4. The molecule has 0 radical (unpaired) electrons. The van der Waals surface area contributed by atoms with E-state index in [1.54, 1.807) is 0 Å². The molecule has 0 unspecified atom stereocenters. The largest absolute Gasteiger partial charge is 0.254 e. The third-order valence-electron chi connectivity index (χ3n) is 23.8. The van der Waals surface area contributed by atoms with Crippen molar-refractivity contribution < 1.29 is 0 Å². The highest BCUT2D eigenvalue weighted by molar-refractivity contribution is 5.81. The van der Waals surface area contributed by atoms with E-state index in [2.05, 4.69) is 490 Å². The molecular formula is C126H111N9. The number of nitrogens with zero attached hydrogens (tertiary/aromatic N) is 9. The van der Waals surface area contributed by atoms with Gasteiger partial charge in [0.1, 0.15) is 0 Å². The van der Waals surface area contributed by atoms with Crippen LogP contribution in [0.5, 0.6) is 0 Å². The lowest BCUT2D eigenvalue weighted by Gasteiger charge is -2.11. The Balaban J connectivity index is 0.000000123. The van der Waals surface area contributed by atoms with Gasteiger partial charge in [-0.3, -0.25) is 4.98 Å². The number of benzene rings is 14. The zero-order chi connectivity index (χ0) is 94.0. The van der Waals surface area contributed by atoms with Crippen molar-refractivity contribution in [3.8, 4) is 169 Å². The molecule has 0 bridgehead atoms. The van der Waals surface area contributed by atoms with E-state index in [9.17, 15) is 0 Å². The van der Waals surface area contributed by atoms with E-state index in [0.29, 0.717) is 17.5 Å². The fraction of sp³-hybridized carbons (Fsp3) is 0.119. The van der Waals surface area contributed by atoms with Gasteiger partial charge in [-0.25, -0.2) is 39.9 Å². The first kappa shape index (κ1) is 92.1. The van der Waals surface area contributed by atoms with Crippen molar-refractivity contribution in [1.82, 2.24) is 44.9 Å². The quantitative estimate of drug-likeness (QED) is 0.0989. The van der Waals surface area contributed by atoms with Gasteiger partial charge in [-0.15, -0.1) is 0 Å². The van der Waals surface area contributed by atoms with E-state index >= 15 is 0 Å². The molecule has 0 fully saturated rings. The van der Waals surface area contributed by atoms with E-state index < -0.39 is 0 Å². The van der Waals surface area contributed by atoms with Gasteiger partial charge in [0, 0.05) is 67.4 Å². The van der Waals surface area contributed by atoms with E-state index in [1.807, 2.05) is 19.2 Å². The van der Waals surface area contributed by atoms with E-state index in [4.69, 9.17) is 39.9 Å². The highest BCUT2D eigenvalue weighted by Crippen LogP contribution is 2.37. The molecule has 0 aliphatic heterocycles. The lowest BCUT2D eigenvalue weighted by molar-refractivity contribution is 1.07. The molecule has 14 aromatic carbocycles. The Labute approximate surface area is 796 Å². The summed E-state index contributed by atoms with van der Waals surface area (Å²) in [6.07, 6.45) is 1.89. The van der Waals surface area contributed by atoms with Gasteiger partial charge in [-0.1, -0.05) is 424 Å². The van der Waals surface area contributed by atoms with Gasteiger partial charge in [0.15, 0.2) is 23.3 Å². The van der Waals surface area contributed by atoms with E-state index in [-0.39, 0.29) is 0 Å². The van der Waals surface area contributed by atoms with Crippen molar-refractivity contribution in [1.29, 1.82) is 0 Å². The summed E-state index contributed by atoms with van der Waals surface area (Å²) in [5, 5.41) is 0. The second-order valence-electron chi connectivity index (χ2n) is 35.5. The Kier molecular flexibility index (Phi) is 29.2. The molecule has 135 heavy (non-hydrogen) atoms. The Morgan fingerprint density at radius 1 is 0.104 bits per heavy atom. The Bertz CT molecular complexity index is 5580. The molecule has 0 amide bonds. The standard InChI is InChI=1S/2C26H23N.2C25H22N2.C24H21N3/c2*1-18-4-10-21(11-5-18)24-16-25(22-12-6-19(2)7-13-22)27-26(17-24)23-14-8-20(3)9-15-23;1-17-4-10-20(11-5-17)23-16-24(21-12-6-18(2)7-13-21)27-25(26-23)22-14-8-19(3)9-15-22;1-17-4-9-20(10-5-17)22-14-24(21-11-6-18(2)7-12-21)27-25(15-22)23-13-8-19(3)16-26-23;1-16-4-10-19(11-5-16)22-25-23(20-12-6-17(2)7-13-20)27-24(26-22)21-14-8-18(3)9-15-21/h2*4-17H,1-3H3;2*4-16H,1-3H3;4-15H,1-3H3. The van der Waals surface area contributed by atoms with E-state index in [1.165, 1.54) is 106 Å². The molecule has 9 nitrogen and oxygen atoms in total. The molecule has 660 valence electrons. The number of pyridine rings is 4. The third-order valence-corrected chi connectivity index (χ3v) is 23.8. The minimum absolute atomic E-state index is 0.691. The summed E-state index contributed by atoms with van der Waals surface area (Å²) in [7, 11) is 0. The molecular weight excluding hydrogens is 1640 g/mol. The number of aromatic nitrogens is 9. The van der Waals surface area contributed by atoms with Gasteiger partial charge in [0.05, 0.1) is 51.2 Å². The number of aryl methyl sites for hydroxylation is 15. The van der Waals surface area contributed by atoms with Crippen LogP contribution in [-0.2, 0) is 0 Å². The zero-order valence-corrected chi connectivity index (χ0v) is 79.6. The molecule has 9 heteroatoms. The van der Waals surface area contributed by atoms with Crippen LogP contribution >= 0.6 is 0 Å². The minimum Gasteiger partial charge on any atom is -0.254 e. The molecule has 6 aromatic heterocycles. The molecule has 0 aliphatic rings. The number of rotatable bonds is 15. The van der Waals surface area contributed by atoms with Crippen molar-refractivity contribution in [2.24, 2.45) is 0 Å². The van der Waals surface area contributed by atoms with Gasteiger partial charge >= 0.3 is 0 Å². The molecule has 0 saturated heterocycles. The van der Waals surface area contributed by atoms with Crippen LogP contribution in [0.4, 0.5) is 0 Å². The Hall–Kier alpha value is -16.2. The maximum absolute atomic E-state index is 4.98. The summed E-state index contributed by atoms with van der Waals surface area (Å²) in [6, 6.07) is 138. The van der Waals surface area contributed by atoms with Crippen LogP contribution in [0.15, 0.2) is 401 Å². The zero-order valence-electron chi connectivity index (χ0n) is 79.6. The third kappa shape index (κ3) is 24.5. The molecule has 20 rings (SSSR count). The predicted octanol–water partition coefficient (Wildman–Crippen LogP) is 32.6. The smallest absolute Gasteiger partial charge is 0.164 e. The molecule has 0 saturated carbocycles. The van der Waals surface area contributed by atoms with Crippen LogP contribution < -0.4 is 0 Å². The van der Waals surface area contributed by atoms with E-state index in [0.717, 1.165) is 129 Å². The molecule has 20 aromatic rings. The van der Waals surface area contributed by atoms with Gasteiger partial charge < -0.3 is 0 Å². The van der Waals surface area contributed by atoms with Crippen molar-refractivity contribution in [2.75, 3.05) is 0 Å². The average molecular weight is 1750 g/mol. The molecule has 0 spiro atoms. The van der Waals surface area contributed by atoms with Gasteiger partial charge in [-0.05, 0) is 191 Å². The van der Waals surface area contributed by atoms with Crippen LogP contribution in [0, 0.1) is 104 Å². The normalized spacial score (nSPS) is 10.8. The second-order valence-corrected chi connectivity index (χ2v) is 35.5. The number of hydrogen-bond donors (Lipinski definition) is 0. The van der Waals surface area contributed by atoms with Gasteiger partial charge in [-0.2, -0.15) is 0 Å². The first-order valence-electron chi connectivity index (χ1n) is 46.0. The lowest BCUT2D eigenvalue weighted by atomic mass is 9.99. The molecule has 6 heterocycles. The average Bonchev–Trinajstić information content (AvgIpc) is 0.816.